The number of carbonyl (C=O) groups excluding carboxylic acids is 1. The second-order valence-electron chi connectivity index (χ2n) is 5.85. The fraction of sp³-hybridized carbons (Fsp3) is 0.667. The van der Waals surface area contributed by atoms with Gasteiger partial charge in [0.05, 0.1) is 6.10 Å². The molecule has 1 aromatic rings. The summed E-state index contributed by atoms with van der Waals surface area (Å²) >= 11 is 1.84. The van der Waals surface area contributed by atoms with Gasteiger partial charge in [-0.05, 0) is 37.3 Å². The molecule has 1 aromatic heterocycles. The highest BCUT2D eigenvalue weighted by molar-refractivity contribution is 7.10. The van der Waals surface area contributed by atoms with E-state index < -0.39 is 6.10 Å². The summed E-state index contributed by atoms with van der Waals surface area (Å²) in [4.78, 5) is 17.3. The SMILES string of the molecule is CC(O)CN(C)C(=O)NCC(C)N1CCc2sccc2C1. The Hall–Kier alpha value is -1.11. The highest BCUT2D eigenvalue weighted by Gasteiger charge is 2.22. The second kappa shape index (κ2) is 7.24. The molecule has 2 N–H and O–H groups in total. The topological polar surface area (TPSA) is 55.8 Å². The molecule has 118 valence electrons. The molecule has 0 fully saturated rings. The Morgan fingerprint density at radius 2 is 2.33 bits per heavy atom. The summed E-state index contributed by atoms with van der Waals surface area (Å²) in [6.07, 6.45) is 0.602. The quantitative estimate of drug-likeness (QED) is 0.867. The lowest BCUT2D eigenvalue weighted by Crippen LogP contribution is -2.47. The van der Waals surface area contributed by atoms with Crippen LogP contribution in [0.4, 0.5) is 4.79 Å². The molecule has 2 atom stereocenters. The minimum Gasteiger partial charge on any atom is -0.392 e. The van der Waals surface area contributed by atoms with Crippen LogP contribution in [0.25, 0.3) is 0 Å². The summed E-state index contributed by atoms with van der Waals surface area (Å²) in [7, 11) is 1.70. The van der Waals surface area contributed by atoms with E-state index in [1.54, 1.807) is 14.0 Å². The normalized spacial score (nSPS) is 17.9. The Balaban J connectivity index is 1.77. The van der Waals surface area contributed by atoms with Crippen LogP contribution >= 0.6 is 11.3 Å². The molecule has 1 aliphatic heterocycles. The lowest BCUT2D eigenvalue weighted by atomic mass is 10.1. The average molecular weight is 311 g/mol. The van der Waals surface area contributed by atoms with Crippen LogP contribution in [0.5, 0.6) is 0 Å². The third-order valence-corrected chi connectivity index (χ3v) is 4.92. The molecule has 6 heteroatoms. The molecule has 2 heterocycles. The number of amides is 2. The first-order valence-corrected chi connectivity index (χ1v) is 8.31. The number of nitrogens with zero attached hydrogens (tertiary/aromatic N) is 2. The first-order chi connectivity index (χ1) is 9.97. The highest BCUT2D eigenvalue weighted by Crippen LogP contribution is 2.24. The molecule has 0 spiro atoms. The molecular formula is C15H25N3O2S. The molecule has 0 aliphatic carbocycles. The molecular weight excluding hydrogens is 286 g/mol. The van der Waals surface area contributed by atoms with E-state index in [-0.39, 0.29) is 6.03 Å². The van der Waals surface area contributed by atoms with E-state index in [9.17, 15) is 9.90 Å². The van der Waals surface area contributed by atoms with Gasteiger partial charge >= 0.3 is 6.03 Å². The van der Waals surface area contributed by atoms with Gasteiger partial charge in [-0.2, -0.15) is 0 Å². The van der Waals surface area contributed by atoms with Gasteiger partial charge in [0, 0.05) is 44.1 Å². The monoisotopic (exact) mass is 311 g/mol. The maximum atomic E-state index is 11.9. The molecule has 0 aromatic carbocycles. The summed E-state index contributed by atoms with van der Waals surface area (Å²) in [5, 5.41) is 14.4. The minimum absolute atomic E-state index is 0.129. The third kappa shape index (κ3) is 4.43. The van der Waals surface area contributed by atoms with Crippen molar-refractivity contribution < 1.29 is 9.90 Å². The van der Waals surface area contributed by atoms with Crippen LogP contribution in [0.3, 0.4) is 0 Å². The zero-order chi connectivity index (χ0) is 15.4. The van der Waals surface area contributed by atoms with Crippen LogP contribution < -0.4 is 5.32 Å². The van der Waals surface area contributed by atoms with Crippen molar-refractivity contribution in [1.29, 1.82) is 0 Å². The fourth-order valence-corrected chi connectivity index (χ4v) is 3.51. The molecule has 0 bridgehead atoms. The standard InChI is InChI=1S/C15H25N3O2S/c1-11(8-16-15(20)17(3)9-12(2)19)18-6-4-14-13(10-18)5-7-21-14/h5,7,11-12,19H,4,6,8-10H2,1-3H3,(H,16,20). The number of carbonyl (C=O) groups is 1. The second-order valence-corrected chi connectivity index (χ2v) is 6.85. The van der Waals surface area contributed by atoms with Crippen LogP contribution in [-0.2, 0) is 13.0 Å². The van der Waals surface area contributed by atoms with Gasteiger partial charge in [-0.25, -0.2) is 4.79 Å². The van der Waals surface area contributed by atoms with Crippen molar-refractivity contribution in [2.75, 3.05) is 26.7 Å². The molecule has 5 nitrogen and oxygen atoms in total. The number of hydrogen-bond donors (Lipinski definition) is 2. The van der Waals surface area contributed by atoms with Crippen molar-refractivity contribution in [3.63, 3.8) is 0 Å². The lowest BCUT2D eigenvalue weighted by molar-refractivity contribution is 0.140. The minimum atomic E-state index is -0.503. The predicted molar refractivity (Wildman–Crippen MR) is 85.6 cm³/mol. The molecule has 21 heavy (non-hydrogen) atoms. The maximum Gasteiger partial charge on any atom is 0.317 e. The molecule has 0 saturated heterocycles. The number of aliphatic hydroxyl groups excluding tert-OH is 1. The summed E-state index contributed by atoms with van der Waals surface area (Å²) < 4.78 is 0. The number of fused-ring (bicyclic) bond motifs is 1. The van der Waals surface area contributed by atoms with Gasteiger partial charge in [-0.1, -0.05) is 0 Å². The van der Waals surface area contributed by atoms with Gasteiger partial charge in [-0.3, -0.25) is 4.90 Å². The van der Waals surface area contributed by atoms with Gasteiger partial charge in [0.2, 0.25) is 0 Å². The highest BCUT2D eigenvalue weighted by atomic mass is 32.1. The molecule has 1 aliphatic rings. The Bertz CT molecular complexity index is 475. The Morgan fingerprint density at radius 1 is 1.57 bits per heavy atom. The van der Waals surface area contributed by atoms with Crippen molar-refractivity contribution in [3.8, 4) is 0 Å². The van der Waals surface area contributed by atoms with Crippen molar-refractivity contribution >= 4 is 17.4 Å². The van der Waals surface area contributed by atoms with E-state index in [2.05, 4.69) is 28.6 Å². The van der Waals surface area contributed by atoms with Crippen LogP contribution in [-0.4, -0.2) is 59.8 Å². The van der Waals surface area contributed by atoms with E-state index in [1.165, 1.54) is 15.3 Å². The number of urea groups is 1. The van der Waals surface area contributed by atoms with Gasteiger partial charge < -0.3 is 15.3 Å². The van der Waals surface area contributed by atoms with E-state index in [0.717, 1.165) is 19.5 Å². The first kappa shape index (κ1) is 16.3. The number of likely N-dealkylation sites (N-methyl/N-ethyl adjacent to an activating group) is 1. The summed E-state index contributed by atoms with van der Waals surface area (Å²) in [6, 6.07) is 2.38. The fourth-order valence-electron chi connectivity index (χ4n) is 2.62. The van der Waals surface area contributed by atoms with Crippen molar-refractivity contribution in [3.05, 3.63) is 21.9 Å². The van der Waals surface area contributed by atoms with Crippen LogP contribution in [0.1, 0.15) is 24.3 Å². The zero-order valence-electron chi connectivity index (χ0n) is 13.0. The molecule has 2 amide bonds. The largest absolute Gasteiger partial charge is 0.392 e. The number of nitrogens with one attached hydrogen (secondary N) is 1. The predicted octanol–water partition coefficient (Wildman–Crippen LogP) is 1.52. The van der Waals surface area contributed by atoms with Crippen LogP contribution in [0, 0.1) is 0 Å². The Kier molecular flexibility index (Phi) is 5.61. The smallest absolute Gasteiger partial charge is 0.317 e. The number of rotatable bonds is 5. The summed E-state index contributed by atoms with van der Waals surface area (Å²) in [5.74, 6) is 0. The van der Waals surface area contributed by atoms with E-state index in [4.69, 9.17) is 0 Å². The number of aliphatic hydroxyl groups is 1. The summed E-state index contributed by atoms with van der Waals surface area (Å²) in [5.41, 5.74) is 1.43. The number of thiophene rings is 1. The van der Waals surface area contributed by atoms with Gasteiger partial charge in [-0.15, -0.1) is 11.3 Å². The van der Waals surface area contributed by atoms with E-state index in [1.807, 2.05) is 11.3 Å². The maximum absolute atomic E-state index is 11.9. The molecule has 0 saturated carbocycles. The summed E-state index contributed by atoms with van der Waals surface area (Å²) in [6.45, 7) is 6.82. The van der Waals surface area contributed by atoms with Gasteiger partial charge in [0.1, 0.15) is 0 Å². The van der Waals surface area contributed by atoms with Crippen LogP contribution in [0.15, 0.2) is 11.4 Å². The number of hydrogen-bond acceptors (Lipinski definition) is 4. The van der Waals surface area contributed by atoms with Crippen molar-refractivity contribution in [2.24, 2.45) is 0 Å². The Morgan fingerprint density at radius 3 is 3.05 bits per heavy atom. The van der Waals surface area contributed by atoms with Gasteiger partial charge in [0.25, 0.3) is 0 Å². The average Bonchev–Trinajstić information content (AvgIpc) is 2.90. The molecule has 2 unspecified atom stereocenters. The molecule has 0 radical (unpaired) electrons. The van der Waals surface area contributed by atoms with E-state index >= 15 is 0 Å². The first-order valence-electron chi connectivity index (χ1n) is 7.43. The van der Waals surface area contributed by atoms with Crippen molar-refractivity contribution in [1.82, 2.24) is 15.1 Å². The van der Waals surface area contributed by atoms with E-state index in [0.29, 0.717) is 19.1 Å². The third-order valence-electron chi connectivity index (χ3n) is 3.89. The zero-order valence-corrected chi connectivity index (χ0v) is 13.8. The van der Waals surface area contributed by atoms with Crippen molar-refractivity contribution in [2.45, 2.75) is 39.0 Å². The molecule has 2 rings (SSSR count). The lowest BCUT2D eigenvalue weighted by Gasteiger charge is -2.33. The van der Waals surface area contributed by atoms with Crippen LogP contribution in [0.2, 0.25) is 0 Å². The Labute approximate surface area is 130 Å². The van der Waals surface area contributed by atoms with Gasteiger partial charge in [0.15, 0.2) is 0 Å².